The largest absolute Gasteiger partial charge is 0.385 e. The summed E-state index contributed by atoms with van der Waals surface area (Å²) in [5.41, 5.74) is 2.24. The van der Waals surface area contributed by atoms with Gasteiger partial charge in [-0.3, -0.25) is 10.1 Å². The molecule has 2 aromatic rings. The second-order valence-corrected chi connectivity index (χ2v) is 4.64. The third kappa shape index (κ3) is 3.68. The molecule has 0 atom stereocenters. The van der Waals surface area contributed by atoms with Crippen LogP contribution in [0.2, 0.25) is 0 Å². The number of nitrogens with zero attached hydrogens (tertiary/aromatic N) is 1. The molecule has 0 aliphatic rings. The molecule has 0 spiro atoms. The van der Waals surface area contributed by atoms with Crippen LogP contribution in [0.15, 0.2) is 36.4 Å². The Morgan fingerprint density at radius 3 is 2.48 bits per heavy atom. The standard InChI is InChI=1S/C15H16FN3O2/c1-3-17-12-6-13(8-14(7-12)19(20)21)18-11-5-4-10(2)15(16)9-11/h4-9,17-18H,3H2,1-2H3. The molecule has 6 heteroatoms. The topological polar surface area (TPSA) is 67.2 Å². The fourth-order valence-corrected chi connectivity index (χ4v) is 1.93. The minimum Gasteiger partial charge on any atom is -0.385 e. The molecule has 0 aliphatic carbocycles. The predicted octanol–water partition coefficient (Wildman–Crippen LogP) is 4.22. The van der Waals surface area contributed by atoms with Crippen LogP contribution in [0, 0.1) is 22.9 Å². The lowest BCUT2D eigenvalue weighted by atomic mass is 10.2. The van der Waals surface area contributed by atoms with Gasteiger partial charge in [-0.15, -0.1) is 0 Å². The summed E-state index contributed by atoms with van der Waals surface area (Å²) in [5, 5.41) is 17.0. The fourth-order valence-electron chi connectivity index (χ4n) is 1.93. The molecule has 21 heavy (non-hydrogen) atoms. The van der Waals surface area contributed by atoms with Gasteiger partial charge in [-0.05, 0) is 37.6 Å². The van der Waals surface area contributed by atoms with Crippen LogP contribution in [0.1, 0.15) is 12.5 Å². The number of benzene rings is 2. The number of hydrogen-bond acceptors (Lipinski definition) is 4. The van der Waals surface area contributed by atoms with Crippen LogP contribution in [0.25, 0.3) is 0 Å². The summed E-state index contributed by atoms with van der Waals surface area (Å²) in [6.07, 6.45) is 0. The van der Waals surface area contributed by atoms with Crippen molar-refractivity contribution in [3.63, 3.8) is 0 Å². The lowest BCUT2D eigenvalue weighted by Crippen LogP contribution is -2.00. The van der Waals surface area contributed by atoms with Gasteiger partial charge in [0.25, 0.3) is 5.69 Å². The van der Waals surface area contributed by atoms with Crippen molar-refractivity contribution in [2.24, 2.45) is 0 Å². The smallest absolute Gasteiger partial charge is 0.273 e. The minimum atomic E-state index is -0.457. The molecule has 0 fully saturated rings. The van der Waals surface area contributed by atoms with Gasteiger partial charge in [0.15, 0.2) is 0 Å². The zero-order valence-electron chi connectivity index (χ0n) is 11.8. The lowest BCUT2D eigenvalue weighted by Gasteiger charge is -2.10. The number of anilines is 3. The van der Waals surface area contributed by atoms with Crippen molar-refractivity contribution < 1.29 is 9.31 Å². The second kappa shape index (κ2) is 6.21. The number of nitrogens with one attached hydrogen (secondary N) is 2. The molecule has 0 saturated heterocycles. The van der Waals surface area contributed by atoms with Gasteiger partial charge in [0.2, 0.25) is 0 Å². The van der Waals surface area contributed by atoms with Gasteiger partial charge in [0.05, 0.1) is 4.92 Å². The minimum absolute atomic E-state index is 0.0245. The number of nitro groups is 1. The van der Waals surface area contributed by atoms with E-state index >= 15 is 0 Å². The third-order valence-corrected chi connectivity index (χ3v) is 2.97. The van der Waals surface area contributed by atoms with Crippen molar-refractivity contribution in [3.8, 4) is 0 Å². The quantitative estimate of drug-likeness (QED) is 0.639. The molecule has 0 aliphatic heterocycles. The van der Waals surface area contributed by atoms with Crippen molar-refractivity contribution in [1.82, 2.24) is 0 Å². The summed E-state index contributed by atoms with van der Waals surface area (Å²) in [4.78, 5) is 10.5. The molecule has 0 bridgehead atoms. The first-order chi connectivity index (χ1) is 9.99. The summed E-state index contributed by atoms with van der Waals surface area (Å²) < 4.78 is 13.5. The van der Waals surface area contributed by atoms with E-state index in [1.165, 1.54) is 18.2 Å². The zero-order chi connectivity index (χ0) is 15.4. The van der Waals surface area contributed by atoms with Crippen molar-refractivity contribution in [2.75, 3.05) is 17.2 Å². The number of rotatable bonds is 5. The van der Waals surface area contributed by atoms with Gasteiger partial charge in [0.1, 0.15) is 5.82 Å². The van der Waals surface area contributed by atoms with Crippen LogP contribution in [-0.4, -0.2) is 11.5 Å². The number of halogens is 1. The molecule has 2 rings (SSSR count). The summed E-state index contributed by atoms with van der Waals surface area (Å²) in [7, 11) is 0. The van der Waals surface area contributed by atoms with Crippen LogP contribution in [-0.2, 0) is 0 Å². The van der Waals surface area contributed by atoms with E-state index in [0.717, 1.165) is 0 Å². The van der Waals surface area contributed by atoms with Crippen molar-refractivity contribution in [2.45, 2.75) is 13.8 Å². The van der Waals surface area contributed by atoms with E-state index in [1.807, 2.05) is 6.92 Å². The monoisotopic (exact) mass is 289 g/mol. The average molecular weight is 289 g/mol. The molecule has 0 saturated carbocycles. The van der Waals surface area contributed by atoms with Crippen molar-refractivity contribution >= 4 is 22.7 Å². The van der Waals surface area contributed by atoms with E-state index in [-0.39, 0.29) is 11.5 Å². The number of non-ortho nitro benzene ring substituents is 1. The molecular formula is C15H16FN3O2. The molecule has 0 aromatic heterocycles. The Bertz CT molecular complexity index is 674. The average Bonchev–Trinajstić information content (AvgIpc) is 2.43. The Labute approximate surface area is 122 Å². The van der Waals surface area contributed by atoms with Crippen LogP contribution in [0.3, 0.4) is 0 Å². The third-order valence-electron chi connectivity index (χ3n) is 2.97. The first-order valence-corrected chi connectivity index (χ1v) is 6.56. The summed E-state index contributed by atoms with van der Waals surface area (Å²) in [5.74, 6) is -0.322. The molecule has 0 radical (unpaired) electrons. The normalized spacial score (nSPS) is 10.2. The zero-order valence-corrected chi connectivity index (χ0v) is 11.8. The highest BCUT2D eigenvalue weighted by Crippen LogP contribution is 2.27. The highest BCUT2D eigenvalue weighted by molar-refractivity contribution is 5.68. The SMILES string of the molecule is CCNc1cc(Nc2ccc(C)c(F)c2)cc([N+](=O)[O-])c1. The van der Waals surface area contributed by atoms with E-state index in [9.17, 15) is 14.5 Å². The van der Waals surface area contributed by atoms with E-state index in [2.05, 4.69) is 10.6 Å². The van der Waals surface area contributed by atoms with E-state index in [0.29, 0.717) is 29.2 Å². The van der Waals surface area contributed by atoms with Crippen molar-refractivity contribution in [1.29, 1.82) is 0 Å². The molecule has 0 heterocycles. The molecule has 0 amide bonds. The predicted molar refractivity (Wildman–Crippen MR) is 81.7 cm³/mol. The maximum Gasteiger partial charge on any atom is 0.273 e. The summed E-state index contributed by atoms with van der Waals surface area (Å²) in [6.45, 7) is 4.23. The highest BCUT2D eigenvalue weighted by atomic mass is 19.1. The van der Waals surface area contributed by atoms with Crippen LogP contribution >= 0.6 is 0 Å². The molecule has 0 unspecified atom stereocenters. The Kier molecular flexibility index (Phi) is 4.37. The number of nitro benzene ring substituents is 1. The second-order valence-electron chi connectivity index (χ2n) is 4.64. The van der Waals surface area contributed by atoms with E-state index < -0.39 is 4.92 Å². The van der Waals surface area contributed by atoms with Gasteiger partial charge < -0.3 is 10.6 Å². The maximum atomic E-state index is 13.5. The molecule has 5 nitrogen and oxygen atoms in total. The van der Waals surface area contributed by atoms with Gasteiger partial charge in [-0.2, -0.15) is 0 Å². The molecule has 110 valence electrons. The van der Waals surface area contributed by atoms with Crippen molar-refractivity contribution in [3.05, 3.63) is 57.9 Å². The van der Waals surface area contributed by atoms with E-state index in [1.54, 1.807) is 25.1 Å². The van der Waals surface area contributed by atoms with Gasteiger partial charge in [0, 0.05) is 35.7 Å². The number of aryl methyl sites for hydroxylation is 1. The van der Waals surface area contributed by atoms with E-state index in [4.69, 9.17) is 0 Å². The lowest BCUT2D eigenvalue weighted by molar-refractivity contribution is -0.384. The molecular weight excluding hydrogens is 273 g/mol. The van der Waals surface area contributed by atoms with Crippen LogP contribution in [0.4, 0.5) is 27.1 Å². The Balaban J connectivity index is 2.33. The van der Waals surface area contributed by atoms with Gasteiger partial charge in [-0.25, -0.2) is 4.39 Å². The van der Waals surface area contributed by atoms with Crippen LogP contribution in [0.5, 0.6) is 0 Å². The maximum absolute atomic E-state index is 13.5. The molecule has 2 N–H and O–H groups in total. The Morgan fingerprint density at radius 1 is 1.14 bits per heavy atom. The summed E-state index contributed by atoms with van der Waals surface area (Å²) >= 11 is 0. The van der Waals surface area contributed by atoms with Gasteiger partial charge in [-0.1, -0.05) is 6.07 Å². The summed E-state index contributed by atoms with van der Waals surface area (Å²) in [6, 6.07) is 9.36. The highest BCUT2D eigenvalue weighted by Gasteiger charge is 2.10. The Morgan fingerprint density at radius 2 is 1.86 bits per heavy atom. The first kappa shape index (κ1) is 14.8. The van der Waals surface area contributed by atoms with Crippen LogP contribution < -0.4 is 10.6 Å². The molecule has 2 aromatic carbocycles. The van der Waals surface area contributed by atoms with Gasteiger partial charge >= 0.3 is 0 Å². The number of hydrogen-bond donors (Lipinski definition) is 2. The fraction of sp³-hybridized carbons (Fsp3) is 0.200. The first-order valence-electron chi connectivity index (χ1n) is 6.56. The Hall–Kier alpha value is -2.63.